The van der Waals surface area contributed by atoms with E-state index in [0.717, 1.165) is 42.9 Å². The van der Waals surface area contributed by atoms with Crippen LogP contribution in [-0.2, 0) is 10.5 Å². The van der Waals surface area contributed by atoms with E-state index in [1.807, 2.05) is 29.2 Å². The van der Waals surface area contributed by atoms with E-state index in [1.165, 1.54) is 11.1 Å². The predicted molar refractivity (Wildman–Crippen MR) is 119 cm³/mol. The number of rotatable bonds is 7. The summed E-state index contributed by atoms with van der Waals surface area (Å²) in [7, 11) is 0. The molecule has 0 aromatic heterocycles. The van der Waals surface area contributed by atoms with Crippen molar-refractivity contribution >= 4 is 39.7 Å². The molecule has 0 radical (unpaired) electrons. The standard InChI is InChI=1S/C22H25BrN2OS/c23-21-11-5-4-10-20(21)17-27-18-22(26)25-15-13-24(14-16-25)12-6-9-19-7-2-1-3-8-19/h1-11H,12-18H2/b9-6+. The molecule has 0 aliphatic carbocycles. The van der Waals surface area contributed by atoms with Crippen LogP contribution in [-0.4, -0.2) is 54.2 Å². The molecule has 3 nitrogen and oxygen atoms in total. The maximum Gasteiger partial charge on any atom is 0.232 e. The Morgan fingerprint density at radius 2 is 1.70 bits per heavy atom. The van der Waals surface area contributed by atoms with Crippen molar-refractivity contribution in [2.75, 3.05) is 38.5 Å². The van der Waals surface area contributed by atoms with Crippen LogP contribution in [0, 0.1) is 0 Å². The molecule has 142 valence electrons. The first-order valence-electron chi connectivity index (χ1n) is 9.25. The Morgan fingerprint density at radius 3 is 2.44 bits per heavy atom. The summed E-state index contributed by atoms with van der Waals surface area (Å²) in [6.07, 6.45) is 4.37. The van der Waals surface area contributed by atoms with Crippen LogP contribution in [0.15, 0.2) is 65.1 Å². The molecule has 27 heavy (non-hydrogen) atoms. The van der Waals surface area contributed by atoms with Gasteiger partial charge in [-0.25, -0.2) is 0 Å². The average Bonchev–Trinajstić information content (AvgIpc) is 2.71. The Morgan fingerprint density at radius 1 is 1.00 bits per heavy atom. The molecule has 0 saturated carbocycles. The van der Waals surface area contributed by atoms with E-state index in [2.05, 4.69) is 63.3 Å². The lowest BCUT2D eigenvalue weighted by atomic mass is 10.2. The van der Waals surface area contributed by atoms with Crippen LogP contribution in [0.1, 0.15) is 11.1 Å². The zero-order chi connectivity index (χ0) is 18.9. The molecule has 1 heterocycles. The van der Waals surface area contributed by atoms with Crippen LogP contribution in [0.5, 0.6) is 0 Å². The van der Waals surface area contributed by atoms with E-state index >= 15 is 0 Å². The van der Waals surface area contributed by atoms with Crippen molar-refractivity contribution in [3.05, 3.63) is 76.3 Å². The van der Waals surface area contributed by atoms with Gasteiger partial charge in [0, 0.05) is 42.9 Å². The fourth-order valence-corrected chi connectivity index (χ4v) is 4.58. The summed E-state index contributed by atoms with van der Waals surface area (Å²) in [4.78, 5) is 16.8. The van der Waals surface area contributed by atoms with Gasteiger partial charge in [0.1, 0.15) is 0 Å². The number of amides is 1. The minimum Gasteiger partial charge on any atom is -0.339 e. The number of thioether (sulfide) groups is 1. The second-order valence-corrected chi connectivity index (χ2v) is 8.42. The SMILES string of the molecule is O=C(CSCc1ccccc1Br)N1CCN(C/C=C/c2ccccc2)CC1. The van der Waals surface area contributed by atoms with Gasteiger partial charge in [0.15, 0.2) is 0 Å². The van der Waals surface area contributed by atoms with Gasteiger partial charge in [0.25, 0.3) is 0 Å². The summed E-state index contributed by atoms with van der Waals surface area (Å²) in [5.74, 6) is 1.67. The zero-order valence-electron chi connectivity index (χ0n) is 15.4. The molecule has 1 saturated heterocycles. The van der Waals surface area contributed by atoms with Crippen molar-refractivity contribution < 1.29 is 4.79 Å². The van der Waals surface area contributed by atoms with Crippen molar-refractivity contribution in [2.24, 2.45) is 0 Å². The monoisotopic (exact) mass is 444 g/mol. The lowest BCUT2D eigenvalue weighted by molar-refractivity contribution is -0.129. The van der Waals surface area contributed by atoms with E-state index < -0.39 is 0 Å². The van der Waals surface area contributed by atoms with E-state index in [1.54, 1.807) is 11.8 Å². The Balaban J connectivity index is 1.35. The molecule has 1 aliphatic heterocycles. The van der Waals surface area contributed by atoms with Gasteiger partial charge in [-0.3, -0.25) is 9.69 Å². The third kappa shape index (κ3) is 6.52. The zero-order valence-corrected chi connectivity index (χ0v) is 17.8. The molecule has 1 aliphatic rings. The fraction of sp³-hybridized carbons (Fsp3) is 0.318. The number of carbonyl (C=O) groups is 1. The molecule has 0 atom stereocenters. The van der Waals surface area contributed by atoms with Gasteiger partial charge in [0.2, 0.25) is 5.91 Å². The molecule has 3 rings (SSSR count). The normalized spacial score (nSPS) is 15.4. The molecule has 1 fully saturated rings. The number of halogens is 1. The minimum atomic E-state index is 0.256. The van der Waals surface area contributed by atoms with E-state index in [4.69, 9.17) is 0 Å². The van der Waals surface area contributed by atoms with Crippen molar-refractivity contribution in [1.82, 2.24) is 9.80 Å². The molecule has 0 bridgehead atoms. The van der Waals surface area contributed by atoms with Gasteiger partial charge in [0.05, 0.1) is 5.75 Å². The molecule has 2 aromatic carbocycles. The molecular weight excluding hydrogens is 420 g/mol. The summed E-state index contributed by atoms with van der Waals surface area (Å²) >= 11 is 5.25. The Labute approximate surface area is 174 Å². The molecule has 1 amide bonds. The molecule has 2 aromatic rings. The highest BCUT2D eigenvalue weighted by Gasteiger charge is 2.20. The van der Waals surface area contributed by atoms with Crippen LogP contribution >= 0.6 is 27.7 Å². The summed E-state index contributed by atoms with van der Waals surface area (Å²) in [6, 6.07) is 18.6. The van der Waals surface area contributed by atoms with Crippen molar-refractivity contribution in [2.45, 2.75) is 5.75 Å². The van der Waals surface area contributed by atoms with E-state index in [9.17, 15) is 4.79 Å². The van der Waals surface area contributed by atoms with Gasteiger partial charge < -0.3 is 4.90 Å². The molecule has 0 unspecified atom stereocenters. The first-order valence-corrected chi connectivity index (χ1v) is 11.2. The van der Waals surface area contributed by atoms with Gasteiger partial charge in [-0.2, -0.15) is 0 Å². The molecular formula is C22H25BrN2OS. The lowest BCUT2D eigenvalue weighted by Gasteiger charge is -2.34. The summed E-state index contributed by atoms with van der Waals surface area (Å²) in [6.45, 7) is 4.48. The number of nitrogens with zero attached hydrogens (tertiary/aromatic N) is 2. The van der Waals surface area contributed by atoms with Gasteiger partial charge in [-0.05, 0) is 17.2 Å². The topological polar surface area (TPSA) is 23.6 Å². The quantitative estimate of drug-likeness (QED) is 0.625. The largest absolute Gasteiger partial charge is 0.339 e. The second kappa shape index (κ2) is 10.7. The average molecular weight is 445 g/mol. The fourth-order valence-electron chi connectivity index (χ4n) is 3.04. The number of hydrogen-bond acceptors (Lipinski definition) is 3. The predicted octanol–water partition coefficient (Wildman–Crippen LogP) is 4.54. The van der Waals surface area contributed by atoms with Crippen molar-refractivity contribution in [1.29, 1.82) is 0 Å². The third-order valence-corrected chi connectivity index (χ3v) is 6.38. The summed E-state index contributed by atoms with van der Waals surface area (Å²) in [5, 5.41) is 0. The first-order chi connectivity index (χ1) is 13.2. The molecule has 0 N–H and O–H groups in total. The van der Waals surface area contributed by atoms with Crippen LogP contribution in [0.3, 0.4) is 0 Å². The Kier molecular flexibility index (Phi) is 7.99. The highest BCUT2D eigenvalue weighted by Crippen LogP contribution is 2.21. The number of piperazine rings is 1. The number of carbonyl (C=O) groups excluding carboxylic acids is 1. The smallest absolute Gasteiger partial charge is 0.232 e. The van der Waals surface area contributed by atoms with Crippen molar-refractivity contribution in [3.8, 4) is 0 Å². The molecule has 5 heteroatoms. The van der Waals surface area contributed by atoms with Gasteiger partial charge >= 0.3 is 0 Å². The summed E-state index contributed by atoms with van der Waals surface area (Å²) in [5.41, 5.74) is 2.47. The number of benzene rings is 2. The van der Waals surface area contributed by atoms with Crippen LogP contribution < -0.4 is 0 Å². The van der Waals surface area contributed by atoms with Gasteiger partial charge in [-0.15, -0.1) is 11.8 Å². The van der Waals surface area contributed by atoms with Crippen molar-refractivity contribution in [3.63, 3.8) is 0 Å². The Hall–Kier alpha value is -1.56. The van der Waals surface area contributed by atoms with Crippen LogP contribution in [0.2, 0.25) is 0 Å². The number of hydrogen-bond donors (Lipinski definition) is 0. The van der Waals surface area contributed by atoms with Gasteiger partial charge in [-0.1, -0.05) is 76.6 Å². The first kappa shape index (κ1) is 20.2. The highest BCUT2D eigenvalue weighted by molar-refractivity contribution is 9.10. The summed E-state index contributed by atoms with van der Waals surface area (Å²) < 4.78 is 1.11. The highest BCUT2D eigenvalue weighted by atomic mass is 79.9. The molecule has 0 spiro atoms. The lowest BCUT2D eigenvalue weighted by Crippen LogP contribution is -2.49. The maximum absolute atomic E-state index is 12.4. The van der Waals surface area contributed by atoms with E-state index in [0.29, 0.717) is 5.75 Å². The van der Waals surface area contributed by atoms with Crippen LogP contribution in [0.4, 0.5) is 0 Å². The Bertz CT molecular complexity index is 758. The second-order valence-electron chi connectivity index (χ2n) is 6.58. The van der Waals surface area contributed by atoms with E-state index in [-0.39, 0.29) is 5.91 Å². The maximum atomic E-state index is 12.4. The minimum absolute atomic E-state index is 0.256. The third-order valence-electron chi connectivity index (χ3n) is 4.64. The van der Waals surface area contributed by atoms with Crippen LogP contribution in [0.25, 0.3) is 6.08 Å².